The Morgan fingerprint density at radius 1 is 1.16 bits per heavy atom. The zero-order valence-corrected chi connectivity index (χ0v) is 18.7. The summed E-state index contributed by atoms with van der Waals surface area (Å²) in [5.74, 6) is 1.85. The first-order valence-electron chi connectivity index (χ1n) is 11.1. The van der Waals surface area contributed by atoms with Crippen molar-refractivity contribution in [2.24, 2.45) is 0 Å². The molecule has 0 saturated carbocycles. The van der Waals surface area contributed by atoms with Crippen LogP contribution in [0.1, 0.15) is 47.0 Å². The van der Waals surface area contributed by atoms with Gasteiger partial charge < -0.3 is 9.64 Å². The summed E-state index contributed by atoms with van der Waals surface area (Å²) in [6.07, 6.45) is 8.29. The van der Waals surface area contributed by atoms with E-state index >= 15 is 0 Å². The molecular weight excluding hydrogens is 398 g/mol. The third-order valence-corrected chi connectivity index (χ3v) is 5.91. The number of aryl methyl sites for hydroxylation is 1. The zero-order chi connectivity index (χ0) is 22.3. The van der Waals surface area contributed by atoms with Gasteiger partial charge in [0.2, 0.25) is 5.91 Å². The highest BCUT2D eigenvalue weighted by Crippen LogP contribution is 2.29. The highest BCUT2D eigenvalue weighted by atomic mass is 16.5. The SMILES string of the molecule is COc1ccc(/C=C/C(=O)N2CCC[C@H](c3nc(C)ncc3Cc3ccccc3)C2)cc1. The number of likely N-dealkylation sites (tertiary alicyclic amines) is 1. The zero-order valence-electron chi connectivity index (χ0n) is 18.7. The fraction of sp³-hybridized carbons (Fsp3) is 0.296. The molecule has 2 heterocycles. The predicted octanol–water partition coefficient (Wildman–Crippen LogP) is 4.80. The second kappa shape index (κ2) is 10.2. The number of amides is 1. The van der Waals surface area contributed by atoms with Gasteiger partial charge in [0.15, 0.2) is 0 Å². The average Bonchev–Trinajstić information content (AvgIpc) is 2.84. The van der Waals surface area contributed by atoms with E-state index in [1.807, 2.05) is 54.4 Å². The molecule has 32 heavy (non-hydrogen) atoms. The van der Waals surface area contributed by atoms with Crippen LogP contribution in [0.5, 0.6) is 5.75 Å². The van der Waals surface area contributed by atoms with Crippen molar-refractivity contribution in [2.75, 3.05) is 20.2 Å². The van der Waals surface area contributed by atoms with Gasteiger partial charge in [-0.3, -0.25) is 4.79 Å². The number of hydrogen-bond acceptors (Lipinski definition) is 4. The summed E-state index contributed by atoms with van der Waals surface area (Å²) in [6.45, 7) is 3.39. The number of methoxy groups -OCH3 is 1. The van der Waals surface area contributed by atoms with Crippen LogP contribution in [-0.2, 0) is 11.2 Å². The average molecular weight is 428 g/mol. The van der Waals surface area contributed by atoms with Gasteiger partial charge in [-0.1, -0.05) is 42.5 Å². The molecule has 0 bridgehead atoms. The largest absolute Gasteiger partial charge is 0.497 e. The van der Waals surface area contributed by atoms with E-state index in [4.69, 9.17) is 9.72 Å². The number of aromatic nitrogens is 2. The summed E-state index contributed by atoms with van der Waals surface area (Å²) in [4.78, 5) is 24.1. The molecule has 1 fully saturated rings. The van der Waals surface area contributed by atoms with Crippen LogP contribution in [-0.4, -0.2) is 41.0 Å². The Hall–Kier alpha value is -3.47. The van der Waals surface area contributed by atoms with Crippen LogP contribution in [0.15, 0.2) is 66.9 Å². The lowest BCUT2D eigenvalue weighted by Gasteiger charge is -2.32. The molecule has 1 amide bonds. The summed E-state index contributed by atoms with van der Waals surface area (Å²) in [5.41, 5.74) is 4.45. The fourth-order valence-corrected chi connectivity index (χ4v) is 4.21. The van der Waals surface area contributed by atoms with Crippen LogP contribution >= 0.6 is 0 Å². The molecule has 1 aromatic heterocycles. The first-order chi connectivity index (χ1) is 15.6. The molecule has 1 aliphatic rings. The van der Waals surface area contributed by atoms with E-state index in [0.29, 0.717) is 6.54 Å². The summed E-state index contributed by atoms with van der Waals surface area (Å²) in [7, 11) is 1.64. The van der Waals surface area contributed by atoms with Gasteiger partial charge in [0.1, 0.15) is 11.6 Å². The highest BCUT2D eigenvalue weighted by Gasteiger charge is 2.26. The third-order valence-electron chi connectivity index (χ3n) is 5.91. The normalized spacial score (nSPS) is 16.3. The molecule has 1 saturated heterocycles. The lowest BCUT2D eigenvalue weighted by molar-refractivity contribution is -0.127. The molecule has 5 nitrogen and oxygen atoms in total. The van der Waals surface area contributed by atoms with Crippen molar-refractivity contribution in [2.45, 2.75) is 32.1 Å². The number of carbonyl (C=O) groups is 1. The number of carbonyl (C=O) groups excluding carboxylic acids is 1. The Morgan fingerprint density at radius 3 is 2.69 bits per heavy atom. The minimum atomic E-state index is 0.0425. The minimum Gasteiger partial charge on any atom is -0.497 e. The first kappa shape index (κ1) is 21.8. The first-order valence-corrected chi connectivity index (χ1v) is 11.1. The maximum absolute atomic E-state index is 12.9. The molecule has 1 atom stereocenters. The van der Waals surface area contributed by atoms with Gasteiger partial charge in [0.25, 0.3) is 0 Å². The molecule has 5 heteroatoms. The van der Waals surface area contributed by atoms with Crippen LogP contribution in [0.4, 0.5) is 0 Å². The molecule has 0 N–H and O–H groups in total. The maximum Gasteiger partial charge on any atom is 0.246 e. The van der Waals surface area contributed by atoms with Crippen LogP contribution in [0.2, 0.25) is 0 Å². The van der Waals surface area contributed by atoms with E-state index < -0.39 is 0 Å². The van der Waals surface area contributed by atoms with Crippen molar-refractivity contribution in [3.05, 3.63) is 95.1 Å². The number of piperidine rings is 1. The van der Waals surface area contributed by atoms with Gasteiger partial charge in [-0.2, -0.15) is 0 Å². The Labute approximate surface area is 189 Å². The van der Waals surface area contributed by atoms with Gasteiger partial charge in [-0.05, 0) is 54.7 Å². The Morgan fingerprint density at radius 2 is 1.94 bits per heavy atom. The second-order valence-corrected chi connectivity index (χ2v) is 8.22. The lowest BCUT2D eigenvalue weighted by atomic mass is 9.90. The van der Waals surface area contributed by atoms with Gasteiger partial charge >= 0.3 is 0 Å². The molecule has 1 aliphatic heterocycles. The van der Waals surface area contributed by atoms with Crippen molar-refractivity contribution in [3.8, 4) is 5.75 Å². The van der Waals surface area contributed by atoms with Crippen molar-refractivity contribution in [3.63, 3.8) is 0 Å². The summed E-state index contributed by atoms with van der Waals surface area (Å²) in [5, 5.41) is 0. The minimum absolute atomic E-state index is 0.0425. The molecule has 0 radical (unpaired) electrons. The van der Waals surface area contributed by atoms with Gasteiger partial charge in [0.05, 0.1) is 12.8 Å². The van der Waals surface area contributed by atoms with Gasteiger partial charge in [-0.15, -0.1) is 0 Å². The van der Waals surface area contributed by atoms with Crippen molar-refractivity contribution in [1.82, 2.24) is 14.9 Å². The molecule has 3 aromatic rings. The number of rotatable bonds is 6. The van der Waals surface area contributed by atoms with E-state index in [1.54, 1.807) is 13.2 Å². The van der Waals surface area contributed by atoms with E-state index in [9.17, 15) is 4.79 Å². The summed E-state index contributed by atoms with van der Waals surface area (Å²) >= 11 is 0. The number of benzene rings is 2. The molecule has 0 aliphatic carbocycles. The van der Waals surface area contributed by atoms with Crippen molar-refractivity contribution in [1.29, 1.82) is 0 Å². The molecule has 4 rings (SSSR count). The van der Waals surface area contributed by atoms with Crippen LogP contribution < -0.4 is 4.74 Å². The van der Waals surface area contributed by atoms with Crippen molar-refractivity contribution >= 4 is 12.0 Å². The molecule has 2 aromatic carbocycles. The van der Waals surface area contributed by atoms with Gasteiger partial charge in [-0.25, -0.2) is 9.97 Å². The molecule has 0 spiro atoms. The Kier molecular flexibility index (Phi) is 6.95. The second-order valence-electron chi connectivity index (χ2n) is 8.22. The van der Waals surface area contributed by atoms with E-state index in [0.717, 1.165) is 54.2 Å². The van der Waals surface area contributed by atoms with Crippen LogP contribution in [0.25, 0.3) is 6.08 Å². The number of nitrogens with zero attached hydrogens (tertiary/aromatic N) is 3. The molecule has 0 unspecified atom stereocenters. The lowest BCUT2D eigenvalue weighted by Crippen LogP contribution is -2.38. The monoisotopic (exact) mass is 427 g/mol. The third kappa shape index (κ3) is 5.41. The van der Waals surface area contributed by atoms with Gasteiger partial charge in [0, 0.05) is 37.7 Å². The number of ether oxygens (including phenoxy) is 1. The highest BCUT2D eigenvalue weighted by molar-refractivity contribution is 5.91. The Bertz CT molecular complexity index is 1080. The van der Waals surface area contributed by atoms with Crippen LogP contribution in [0, 0.1) is 6.92 Å². The summed E-state index contributed by atoms with van der Waals surface area (Å²) < 4.78 is 5.19. The van der Waals surface area contributed by atoms with E-state index in [2.05, 4.69) is 29.2 Å². The molecular formula is C27H29N3O2. The Balaban J connectivity index is 1.48. The molecule has 164 valence electrons. The number of hydrogen-bond donors (Lipinski definition) is 0. The van der Waals surface area contributed by atoms with E-state index in [1.165, 1.54) is 5.56 Å². The summed E-state index contributed by atoms with van der Waals surface area (Å²) in [6, 6.07) is 18.1. The smallest absolute Gasteiger partial charge is 0.246 e. The predicted molar refractivity (Wildman–Crippen MR) is 127 cm³/mol. The topological polar surface area (TPSA) is 55.3 Å². The van der Waals surface area contributed by atoms with Crippen LogP contribution in [0.3, 0.4) is 0 Å². The quantitative estimate of drug-likeness (QED) is 0.530. The fourth-order valence-electron chi connectivity index (χ4n) is 4.21. The van der Waals surface area contributed by atoms with E-state index in [-0.39, 0.29) is 11.8 Å². The maximum atomic E-state index is 12.9. The standard InChI is InChI=1S/C27H29N3O2/c1-20-28-18-24(17-22-7-4-3-5-8-22)27(29-20)23-9-6-16-30(19-23)26(31)15-12-21-10-13-25(32-2)14-11-21/h3-5,7-8,10-15,18,23H,6,9,16-17,19H2,1-2H3/b15-12+/t23-/m0/s1. The van der Waals surface area contributed by atoms with Crippen molar-refractivity contribution < 1.29 is 9.53 Å².